The van der Waals surface area contributed by atoms with Crippen LogP contribution in [0.5, 0.6) is 0 Å². The molecule has 3 nitrogen and oxygen atoms in total. The Morgan fingerprint density at radius 2 is 2.42 bits per heavy atom. The van der Waals surface area contributed by atoms with E-state index in [0.717, 1.165) is 0 Å². The molecule has 0 aliphatic carbocycles. The Morgan fingerprint density at radius 1 is 1.67 bits per heavy atom. The van der Waals surface area contributed by atoms with Crippen molar-refractivity contribution in [2.24, 2.45) is 0 Å². The van der Waals surface area contributed by atoms with Gasteiger partial charge >= 0.3 is 0 Å². The fourth-order valence-electron chi connectivity index (χ4n) is 0.636. The third-order valence-corrected chi connectivity index (χ3v) is 1.99. The van der Waals surface area contributed by atoms with Crippen LogP contribution in [0, 0.1) is 0 Å². The first-order valence-corrected chi connectivity index (χ1v) is 4.35. The third kappa shape index (κ3) is 2.47. The summed E-state index contributed by atoms with van der Waals surface area (Å²) in [5.41, 5.74) is 1.65. The molecular formula is C8H10N2OS. The van der Waals surface area contributed by atoms with E-state index in [1.165, 1.54) is 17.4 Å². The van der Waals surface area contributed by atoms with Crippen LogP contribution in [0.4, 0.5) is 0 Å². The largest absolute Gasteiger partial charge is 0.383 e. The molecule has 0 unspecified atom stereocenters. The van der Waals surface area contributed by atoms with Gasteiger partial charge in [-0.2, -0.15) is 0 Å². The van der Waals surface area contributed by atoms with Gasteiger partial charge in [-0.15, -0.1) is 11.3 Å². The van der Waals surface area contributed by atoms with Gasteiger partial charge in [0.2, 0.25) is 0 Å². The van der Waals surface area contributed by atoms with Crippen LogP contribution in [0.1, 0.15) is 9.67 Å². The molecule has 0 atom stereocenters. The predicted octanol–water partition coefficient (Wildman–Crippen LogP) is 1.40. The predicted molar refractivity (Wildman–Crippen MR) is 49.3 cm³/mol. The van der Waals surface area contributed by atoms with Gasteiger partial charge in [0.15, 0.2) is 5.78 Å². The average molecular weight is 182 g/mol. The van der Waals surface area contributed by atoms with Gasteiger partial charge < -0.3 is 4.90 Å². The minimum atomic E-state index is 0.00574. The number of carbonyl (C=O) groups is 1. The van der Waals surface area contributed by atoms with Crippen molar-refractivity contribution in [2.75, 3.05) is 14.1 Å². The first kappa shape index (κ1) is 8.93. The van der Waals surface area contributed by atoms with Gasteiger partial charge in [-0.25, -0.2) is 0 Å². The lowest BCUT2D eigenvalue weighted by molar-refractivity contribution is 0.104. The molecule has 1 aromatic rings. The SMILES string of the molecule is CN(C)/C=C/C(=O)c1cncs1. The summed E-state index contributed by atoms with van der Waals surface area (Å²) in [4.78, 5) is 17.6. The van der Waals surface area contributed by atoms with Gasteiger partial charge in [0.05, 0.1) is 10.4 Å². The lowest BCUT2D eigenvalue weighted by Gasteiger charge is -2.01. The Labute approximate surface area is 75.3 Å². The van der Waals surface area contributed by atoms with E-state index < -0.39 is 0 Å². The molecule has 1 aromatic heterocycles. The van der Waals surface area contributed by atoms with Crippen molar-refractivity contribution in [3.8, 4) is 0 Å². The highest BCUT2D eigenvalue weighted by atomic mass is 32.1. The molecule has 0 saturated heterocycles. The highest BCUT2D eigenvalue weighted by molar-refractivity contribution is 7.11. The maximum atomic E-state index is 11.3. The molecule has 0 aliphatic rings. The summed E-state index contributed by atoms with van der Waals surface area (Å²) in [7, 11) is 3.74. The van der Waals surface area contributed by atoms with E-state index in [2.05, 4.69) is 4.98 Å². The number of rotatable bonds is 3. The van der Waals surface area contributed by atoms with Gasteiger partial charge in [-0.3, -0.25) is 9.78 Å². The van der Waals surface area contributed by atoms with E-state index >= 15 is 0 Å². The Morgan fingerprint density at radius 3 is 2.92 bits per heavy atom. The summed E-state index contributed by atoms with van der Waals surface area (Å²) in [6.45, 7) is 0. The van der Waals surface area contributed by atoms with E-state index in [4.69, 9.17) is 0 Å². The first-order valence-electron chi connectivity index (χ1n) is 3.47. The van der Waals surface area contributed by atoms with Crippen LogP contribution in [-0.4, -0.2) is 29.8 Å². The second-order valence-electron chi connectivity index (χ2n) is 2.51. The van der Waals surface area contributed by atoms with Crippen molar-refractivity contribution in [1.29, 1.82) is 0 Å². The zero-order chi connectivity index (χ0) is 8.97. The lowest BCUT2D eigenvalue weighted by atomic mass is 10.3. The minimum absolute atomic E-state index is 0.00574. The number of ketones is 1. The van der Waals surface area contributed by atoms with Gasteiger partial charge in [-0.1, -0.05) is 0 Å². The van der Waals surface area contributed by atoms with Gasteiger partial charge in [0, 0.05) is 32.6 Å². The molecule has 1 rings (SSSR count). The Kier molecular flexibility index (Phi) is 2.99. The van der Waals surface area contributed by atoms with E-state index in [1.54, 1.807) is 17.9 Å². The molecule has 64 valence electrons. The van der Waals surface area contributed by atoms with Crippen LogP contribution in [0.25, 0.3) is 0 Å². The second-order valence-corrected chi connectivity index (χ2v) is 3.40. The summed E-state index contributed by atoms with van der Waals surface area (Å²) < 4.78 is 0. The summed E-state index contributed by atoms with van der Waals surface area (Å²) in [6, 6.07) is 0. The van der Waals surface area contributed by atoms with Crippen molar-refractivity contribution >= 4 is 17.1 Å². The lowest BCUT2D eigenvalue weighted by Crippen LogP contribution is -2.02. The Hall–Kier alpha value is -1.16. The molecule has 12 heavy (non-hydrogen) atoms. The van der Waals surface area contributed by atoms with E-state index in [9.17, 15) is 4.79 Å². The monoisotopic (exact) mass is 182 g/mol. The molecule has 0 saturated carbocycles. The number of hydrogen-bond donors (Lipinski definition) is 0. The summed E-state index contributed by atoms with van der Waals surface area (Å²) in [5, 5.41) is 0. The minimum Gasteiger partial charge on any atom is -0.383 e. The molecule has 0 N–H and O–H groups in total. The molecule has 0 spiro atoms. The molecule has 4 heteroatoms. The molecular weight excluding hydrogens is 172 g/mol. The molecule has 1 heterocycles. The van der Waals surface area contributed by atoms with E-state index in [1.807, 2.05) is 19.0 Å². The van der Waals surface area contributed by atoms with Gasteiger partial charge in [0.25, 0.3) is 0 Å². The normalized spacial score (nSPS) is 10.5. The Bertz CT molecular complexity index is 277. The van der Waals surface area contributed by atoms with Crippen molar-refractivity contribution in [1.82, 2.24) is 9.88 Å². The number of nitrogens with zero attached hydrogens (tertiary/aromatic N) is 2. The number of carbonyl (C=O) groups excluding carboxylic acids is 1. The first-order chi connectivity index (χ1) is 5.70. The summed E-state index contributed by atoms with van der Waals surface area (Å²) in [6.07, 6.45) is 4.84. The number of hydrogen-bond acceptors (Lipinski definition) is 4. The molecule has 0 aromatic carbocycles. The van der Waals surface area contributed by atoms with Crippen LogP contribution in [-0.2, 0) is 0 Å². The van der Waals surface area contributed by atoms with Crippen LogP contribution in [0.2, 0.25) is 0 Å². The van der Waals surface area contributed by atoms with E-state index in [0.29, 0.717) is 4.88 Å². The van der Waals surface area contributed by atoms with Gasteiger partial charge in [-0.05, 0) is 0 Å². The number of aromatic nitrogens is 1. The van der Waals surface area contributed by atoms with Crippen molar-refractivity contribution < 1.29 is 4.79 Å². The van der Waals surface area contributed by atoms with Gasteiger partial charge in [0.1, 0.15) is 0 Å². The third-order valence-electron chi connectivity index (χ3n) is 1.20. The maximum Gasteiger partial charge on any atom is 0.198 e. The quantitative estimate of drug-likeness (QED) is 0.523. The average Bonchev–Trinajstić information content (AvgIpc) is 2.51. The molecule has 0 radical (unpaired) electrons. The fraction of sp³-hybridized carbons (Fsp3) is 0.250. The standard InChI is InChI=1S/C8H10N2OS/c1-10(2)4-3-7(11)8-5-9-6-12-8/h3-6H,1-2H3/b4-3+. The zero-order valence-corrected chi connectivity index (χ0v) is 7.84. The second kappa shape index (κ2) is 4.01. The highest BCUT2D eigenvalue weighted by Gasteiger charge is 2.01. The highest BCUT2D eigenvalue weighted by Crippen LogP contribution is 2.06. The number of thiazole rings is 1. The molecule has 0 aliphatic heterocycles. The van der Waals surface area contributed by atoms with Crippen molar-refractivity contribution in [3.05, 3.63) is 28.9 Å². The molecule has 0 bridgehead atoms. The van der Waals surface area contributed by atoms with Crippen LogP contribution >= 0.6 is 11.3 Å². The summed E-state index contributed by atoms with van der Waals surface area (Å²) >= 11 is 1.35. The van der Waals surface area contributed by atoms with Crippen molar-refractivity contribution in [2.45, 2.75) is 0 Å². The Balaban J connectivity index is 2.62. The van der Waals surface area contributed by atoms with Crippen LogP contribution in [0.15, 0.2) is 24.0 Å². The molecule has 0 amide bonds. The smallest absolute Gasteiger partial charge is 0.198 e. The summed E-state index contributed by atoms with van der Waals surface area (Å²) in [5.74, 6) is 0.00574. The van der Waals surface area contributed by atoms with Crippen LogP contribution in [0.3, 0.4) is 0 Å². The maximum absolute atomic E-state index is 11.3. The number of allylic oxidation sites excluding steroid dienone is 1. The fourth-order valence-corrected chi connectivity index (χ4v) is 1.18. The van der Waals surface area contributed by atoms with Crippen molar-refractivity contribution in [3.63, 3.8) is 0 Å². The van der Waals surface area contributed by atoms with E-state index in [-0.39, 0.29) is 5.78 Å². The van der Waals surface area contributed by atoms with Crippen LogP contribution < -0.4 is 0 Å². The topological polar surface area (TPSA) is 33.2 Å². The molecule has 0 fully saturated rings. The zero-order valence-electron chi connectivity index (χ0n) is 7.02.